The molecule has 0 aliphatic heterocycles. The fraction of sp³-hybridized carbons (Fsp3) is 0.263. The summed E-state index contributed by atoms with van der Waals surface area (Å²) in [6.45, 7) is 0.510. The van der Waals surface area contributed by atoms with E-state index < -0.39 is 5.97 Å². The summed E-state index contributed by atoms with van der Waals surface area (Å²) in [5, 5.41) is 11.9. The van der Waals surface area contributed by atoms with Gasteiger partial charge in [-0.05, 0) is 48.2 Å². The summed E-state index contributed by atoms with van der Waals surface area (Å²) in [6.07, 6.45) is 2.07. The van der Waals surface area contributed by atoms with Crippen LogP contribution >= 0.6 is 0 Å². The lowest BCUT2D eigenvalue weighted by atomic mass is 9.96. The van der Waals surface area contributed by atoms with Crippen LogP contribution in [0.1, 0.15) is 34.3 Å². The fourth-order valence-corrected chi connectivity index (χ4v) is 2.85. The molecular weight excluding hydrogens is 309 g/mol. The Bertz CT molecular complexity index is 766. The number of halogens is 1. The number of rotatable bonds is 6. The zero-order valence-electron chi connectivity index (χ0n) is 13.1. The first kappa shape index (κ1) is 16.2. The molecule has 0 atom stereocenters. The van der Waals surface area contributed by atoms with Gasteiger partial charge in [0.05, 0.1) is 12.0 Å². The Labute approximate surface area is 139 Å². The number of aromatic carboxylic acids is 1. The Hall–Kier alpha value is -2.69. The van der Waals surface area contributed by atoms with E-state index in [-0.39, 0.29) is 29.1 Å². The van der Waals surface area contributed by atoms with E-state index in [0.717, 1.165) is 18.4 Å². The second-order valence-electron chi connectivity index (χ2n) is 6.25. The number of carboxylic acids is 1. The maximum absolute atomic E-state index is 13.0. The number of carbonyl (C=O) groups is 2. The van der Waals surface area contributed by atoms with Gasteiger partial charge in [-0.3, -0.25) is 4.79 Å². The van der Waals surface area contributed by atoms with Gasteiger partial charge >= 0.3 is 5.97 Å². The van der Waals surface area contributed by atoms with Gasteiger partial charge in [0.2, 0.25) is 5.91 Å². The molecule has 4 nitrogen and oxygen atoms in total. The van der Waals surface area contributed by atoms with Crippen molar-refractivity contribution in [2.75, 3.05) is 6.54 Å². The van der Waals surface area contributed by atoms with Gasteiger partial charge in [0.15, 0.2) is 0 Å². The molecule has 1 amide bonds. The number of hydrogen-bond donors (Lipinski definition) is 2. The summed E-state index contributed by atoms with van der Waals surface area (Å²) < 4.78 is 13.0. The van der Waals surface area contributed by atoms with Crippen molar-refractivity contribution >= 4 is 11.9 Å². The average Bonchev–Trinajstić information content (AvgIpc) is 3.35. The smallest absolute Gasteiger partial charge is 0.335 e. The highest BCUT2D eigenvalue weighted by molar-refractivity contribution is 5.88. The number of hydrogen-bond acceptors (Lipinski definition) is 2. The number of nitrogens with one attached hydrogen (secondary N) is 1. The normalized spacial score (nSPS) is 14.9. The van der Waals surface area contributed by atoms with E-state index in [1.54, 1.807) is 24.3 Å². The first-order valence-corrected chi connectivity index (χ1v) is 7.83. The third-order valence-electron chi connectivity index (χ3n) is 4.47. The summed E-state index contributed by atoms with van der Waals surface area (Å²) in [5.74, 6) is -1.42. The summed E-state index contributed by atoms with van der Waals surface area (Å²) in [5.41, 5.74) is 1.79. The molecule has 0 spiro atoms. The highest BCUT2D eigenvalue weighted by atomic mass is 19.1. The largest absolute Gasteiger partial charge is 0.478 e. The molecule has 1 saturated carbocycles. The molecule has 0 aromatic heterocycles. The van der Waals surface area contributed by atoms with Crippen molar-refractivity contribution in [3.05, 3.63) is 71.0 Å². The molecule has 5 heteroatoms. The van der Waals surface area contributed by atoms with Crippen LogP contribution < -0.4 is 5.32 Å². The Balaban J connectivity index is 1.59. The van der Waals surface area contributed by atoms with Crippen LogP contribution in [0, 0.1) is 5.82 Å². The van der Waals surface area contributed by atoms with Gasteiger partial charge in [-0.25, -0.2) is 9.18 Å². The Kier molecular flexibility index (Phi) is 4.34. The molecule has 2 N–H and O–H groups in total. The summed E-state index contributed by atoms with van der Waals surface area (Å²) in [7, 11) is 0. The molecule has 1 fully saturated rings. The van der Waals surface area contributed by atoms with Crippen molar-refractivity contribution < 1.29 is 19.1 Å². The maximum atomic E-state index is 13.0. The van der Waals surface area contributed by atoms with Crippen molar-refractivity contribution in [2.45, 2.75) is 24.7 Å². The molecule has 1 aliphatic carbocycles. The van der Waals surface area contributed by atoms with Gasteiger partial charge in [-0.15, -0.1) is 0 Å². The molecule has 1 aliphatic rings. The zero-order valence-corrected chi connectivity index (χ0v) is 13.1. The highest BCUT2D eigenvalue weighted by Crippen LogP contribution is 2.47. The second kappa shape index (κ2) is 6.43. The zero-order chi connectivity index (χ0) is 17.2. The predicted octanol–water partition coefficient (Wildman–Crippen LogP) is 2.91. The molecule has 0 bridgehead atoms. The standard InChI is InChI=1S/C19H18FNO3/c20-16-6-4-15(5-7-16)19(8-9-19)12-21-17(22)11-13-2-1-3-14(10-13)18(23)24/h1-7,10H,8-9,11-12H2,(H,21,22)(H,23,24). The van der Waals surface area contributed by atoms with Gasteiger partial charge in [0.25, 0.3) is 0 Å². The number of carbonyl (C=O) groups excluding carboxylic acids is 1. The minimum Gasteiger partial charge on any atom is -0.478 e. The van der Waals surface area contributed by atoms with Crippen LogP contribution in [0.3, 0.4) is 0 Å². The van der Waals surface area contributed by atoms with Crippen molar-refractivity contribution in [3.8, 4) is 0 Å². The van der Waals surface area contributed by atoms with Crippen LogP contribution in [0.4, 0.5) is 4.39 Å². The van der Waals surface area contributed by atoms with E-state index in [1.165, 1.54) is 24.3 Å². The molecule has 2 aromatic rings. The van der Waals surface area contributed by atoms with Crippen LogP contribution in [-0.2, 0) is 16.6 Å². The van der Waals surface area contributed by atoms with E-state index in [0.29, 0.717) is 12.1 Å². The van der Waals surface area contributed by atoms with Crippen LogP contribution in [0.2, 0.25) is 0 Å². The average molecular weight is 327 g/mol. The Morgan fingerprint density at radius 1 is 1.12 bits per heavy atom. The molecule has 24 heavy (non-hydrogen) atoms. The van der Waals surface area contributed by atoms with Crippen molar-refractivity contribution in [1.29, 1.82) is 0 Å². The number of benzene rings is 2. The molecule has 124 valence electrons. The molecule has 2 aromatic carbocycles. The number of amides is 1. The quantitative estimate of drug-likeness (QED) is 0.857. The van der Waals surface area contributed by atoms with Gasteiger partial charge < -0.3 is 10.4 Å². The van der Waals surface area contributed by atoms with Gasteiger partial charge in [0.1, 0.15) is 5.82 Å². The van der Waals surface area contributed by atoms with E-state index in [4.69, 9.17) is 5.11 Å². The molecule has 0 unspecified atom stereocenters. The predicted molar refractivity (Wildman–Crippen MR) is 87.4 cm³/mol. The van der Waals surface area contributed by atoms with Gasteiger partial charge in [0, 0.05) is 12.0 Å². The molecule has 0 radical (unpaired) electrons. The van der Waals surface area contributed by atoms with Gasteiger partial charge in [-0.2, -0.15) is 0 Å². The topological polar surface area (TPSA) is 66.4 Å². The highest BCUT2D eigenvalue weighted by Gasteiger charge is 2.44. The van der Waals surface area contributed by atoms with Crippen molar-refractivity contribution in [3.63, 3.8) is 0 Å². The lowest BCUT2D eigenvalue weighted by Gasteiger charge is -2.16. The molecular formula is C19H18FNO3. The van der Waals surface area contributed by atoms with Crippen LogP contribution in [-0.4, -0.2) is 23.5 Å². The van der Waals surface area contributed by atoms with E-state index >= 15 is 0 Å². The summed E-state index contributed by atoms with van der Waals surface area (Å²) >= 11 is 0. The Morgan fingerprint density at radius 2 is 1.83 bits per heavy atom. The third-order valence-corrected chi connectivity index (χ3v) is 4.47. The SMILES string of the molecule is O=C(Cc1cccc(C(=O)O)c1)NCC1(c2ccc(F)cc2)CC1. The summed E-state index contributed by atoms with van der Waals surface area (Å²) in [4.78, 5) is 23.1. The maximum Gasteiger partial charge on any atom is 0.335 e. The molecule has 0 heterocycles. The first-order chi connectivity index (χ1) is 11.5. The second-order valence-corrected chi connectivity index (χ2v) is 6.25. The minimum absolute atomic E-state index is 0.0910. The lowest BCUT2D eigenvalue weighted by Crippen LogP contribution is -2.33. The monoisotopic (exact) mass is 327 g/mol. The van der Waals surface area contributed by atoms with E-state index in [9.17, 15) is 14.0 Å². The summed E-state index contributed by atoms with van der Waals surface area (Å²) in [6, 6.07) is 12.8. The molecule has 3 rings (SSSR count). The lowest BCUT2D eigenvalue weighted by molar-refractivity contribution is -0.120. The van der Waals surface area contributed by atoms with E-state index in [2.05, 4.69) is 5.32 Å². The van der Waals surface area contributed by atoms with Crippen LogP contribution in [0.15, 0.2) is 48.5 Å². The number of carboxylic acid groups (broad SMARTS) is 1. The van der Waals surface area contributed by atoms with Crippen molar-refractivity contribution in [1.82, 2.24) is 5.32 Å². The van der Waals surface area contributed by atoms with Crippen LogP contribution in [0.25, 0.3) is 0 Å². The van der Waals surface area contributed by atoms with E-state index in [1.807, 2.05) is 0 Å². The Morgan fingerprint density at radius 3 is 2.46 bits per heavy atom. The fourth-order valence-electron chi connectivity index (χ4n) is 2.85. The van der Waals surface area contributed by atoms with Crippen molar-refractivity contribution in [2.24, 2.45) is 0 Å². The third kappa shape index (κ3) is 3.62. The first-order valence-electron chi connectivity index (χ1n) is 7.83. The minimum atomic E-state index is -1.01. The van der Waals surface area contributed by atoms with Gasteiger partial charge in [-0.1, -0.05) is 24.3 Å². The molecule has 0 saturated heterocycles. The van der Waals surface area contributed by atoms with Crippen LogP contribution in [0.5, 0.6) is 0 Å².